The zero-order valence-corrected chi connectivity index (χ0v) is 16.1. The summed E-state index contributed by atoms with van der Waals surface area (Å²) in [6.45, 7) is 6.00. The summed E-state index contributed by atoms with van der Waals surface area (Å²) in [6, 6.07) is 1.93. The molecule has 5 heteroatoms. The minimum Gasteiger partial charge on any atom is -0.334 e. The molecule has 4 nitrogen and oxygen atoms in total. The van der Waals surface area contributed by atoms with E-state index in [2.05, 4.69) is 11.9 Å². The summed E-state index contributed by atoms with van der Waals surface area (Å²) < 4.78 is 0. The number of nitriles is 1. The minimum absolute atomic E-state index is 0.0852. The number of likely N-dealkylation sites (N-methyl/N-ethyl adjacent to an activating group) is 1. The number of thiazole rings is 1. The van der Waals surface area contributed by atoms with Crippen LogP contribution < -0.4 is 0 Å². The van der Waals surface area contributed by atoms with Crippen LogP contribution in [0.1, 0.15) is 38.6 Å². The number of rotatable bonds is 8. The molecular weight excluding hydrogens is 330 g/mol. The van der Waals surface area contributed by atoms with E-state index >= 15 is 0 Å². The maximum Gasteiger partial charge on any atom is 0.264 e. The Morgan fingerprint density at radius 2 is 2.20 bits per heavy atom. The lowest BCUT2D eigenvalue weighted by atomic mass is 9.99. The Morgan fingerprint density at radius 3 is 2.72 bits per heavy atom. The first-order valence-corrected chi connectivity index (χ1v) is 9.20. The lowest BCUT2D eigenvalue weighted by Crippen LogP contribution is -2.38. The predicted molar refractivity (Wildman–Crippen MR) is 105 cm³/mol. The van der Waals surface area contributed by atoms with Gasteiger partial charge in [-0.25, -0.2) is 4.98 Å². The molecule has 1 aromatic heterocycles. The Hall–Kier alpha value is -2.45. The van der Waals surface area contributed by atoms with Crippen LogP contribution in [0.2, 0.25) is 0 Å². The van der Waals surface area contributed by atoms with Gasteiger partial charge in [0.1, 0.15) is 16.6 Å². The quantitative estimate of drug-likeness (QED) is 0.384. The van der Waals surface area contributed by atoms with Gasteiger partial charge in [0.05, 0.1) is 6.04 Å². The van der Waals surface area contributed by atoms with Gasteiger partial charge in [-0.3, -0.25) is 4.79 Å². The van der Waals surface area contributed by atoms with Crippen molar-refractivity contribution in [3.05, 3.63) is 58.1 Å². The third-order valence-corrected chi connectivity index (χ3v) is 4.37. The fourth-order valence-electron chi connectivity index (χ4n) is 2.44. The number of amides is 1. The maximum atomic E-state index is 12.8. The van der Waals surface area contributed by atoms with Gasteiger partial charge in [-0.05, 0) is 31.9 Å². The number of nitrogens with zero attached hydrogens (tertiary/aromatic N) is 3. The van der Waals surface area contributed by atoms with Crippen molar-refractivity contribution in [3.63, 3.8) is 0 Å². The van der Waals surface area contributed by atoms with Crippen molar-refractivity contribution in [2.24, 2.45) is 0 Å². The molecule has 1 aromatic rings. The summed E-state index contributed by atoms with van der Waals surface area (Å²) in [5.74, 6) is -0.285. The molecule has 0 saturated carbocycles. The van der Waals surface area contributed by atoms with Crippen molar-refractivity contribution in [2.75, 3.05) is 7.05 Å². The molecular formula is C20H25N3OS. The van der Waals surface area contributed by atoms with Crippen molar-refractivity contribution in [2.45, 2.75) is 39.7 Å². The highest BCUT2D eigenvalue weighted by molar-refractivity contribution is 7.10. The number of aromatic nitrogens is 1. The van der Waals surface area contributed by atoms with E-state index in [9.17, 15) is 10.1 Å². The van der Waals surface area contributed by atoms with E-state index in [1.54, 1.807) is 24.2 Å². The highest BCUT2D eigenvalue weighted by Crippen LogP contribution is 2.20. The van der Waals surface area contributed by atoms with Crippen LogP contribution in [0.15, 0.2) is 53.1 Å². The van der Waals surface area contributed by atoms with E-state index in [1.165, 1.54) is 11.3 Å². The van der Waals surface area contributed by atoms with Crippen molar-refractivity contribution < 1.29 is 4.79 Å². The van der Waals surface area contributed by atoms with E-state index in [0.29, 0.717) is 5.01 Å². The minimum atomic E-state index is -0.285. The van der Waals surface area contributed by atoms with Gasteiger partial charge >= 0.3 is 0 Å². The second kappa shape index (κ2) is 11.2. The van der Waals surface area contributed by atoms with Crippen molar-refractivity contribution in [3.8, 4) is 6.07 Å². The largest absolute Gasteiger partial charge is 0.334 e. The molecule has 0 spiro atoms. The van der Waals surface area contributed by atoms with Gasteiger partial charge in [-0.15, -0.1) is 11.3 Å². The van der Waals surface area contributed by atoms with Crippen LogP contribution in [-0.2, 0) is 4.79 Å². The molecule has 0 aliphatic heterocycles. The summed E-state index contributed by atoms with van der Waals surface area (Å²) in [5.41, 5.74) is 1.15. The topological polar surface area (TPSA) is 57.0 Å². The molecule has 1 atom stereocenters. The van der Waals surface area contributed by atoms with E-state index in [0.717, 1.165) is 18.4 Å². The average Bonchev–Trinajstić information content (AvgIpc) is 3.13. The van der Waals surface area contributed by atoms with E-state index in [-0.39, 0.29) is 17.5 Å². The number of carbonyl (C=O) groups is 1. The number of carbonyl (C=O) groups excluding carboxylic acids is 1. The van der Waals surface area contributed by atoms with Crippen LogP contribution in [0, 0.1) is 11.3 Å². The first-order valence-electron chi connectivity index (χ1n) is 8.33. The van der Waals surface area contributed by atoms with Gasteiger partial charge in [-0.1, -0.05) is 43.7 Å². The van der Waals surface area contributed by atoms with E-state index in [4.69, 9.17) is 0 Å². The SMILES string of the molecule is C\C=C/C=C(\C=C/C)C(CCC)N(C)C(=O)/C(C#N)=C/c1nccs1. The summed E-state index contributed by atoms with van der Waals surface area (Å²) >= 11 is 1.40. The monoisotopic (exact) mass is 355 g/mol. The summed E-state index contributed by atoms with van der Waals surface area (Å²) in [5, 5.41) is 11.9. The van der Waals surface area contributed by atoms with Crippen LogP contribution in [0.3, 0.4) is 0 Å². The first kappa shape index (κ1) is 20.6. The molecule has 0 aliphatic carbocycles. The molecule has 0 bridgehead atoms. The van der Waals surface area contributed by atoms with Gasteiger partial charge < -0.3 is 4.90 Å². The predicted octanol–water partition coefficient (Wildman–Crippen LogP) is 4.76. The third-order valence-electron chi connectivity index (χ3n) is 3.65. The van der Waals surface area contributed by atoms with Crippen LogP contribution in [0.4, 0.5) is 0 Å². The van der Waals surface area contributed by atoms with E-state index in [1.807, 2.05) is 55.7 Å². The molecule has 0 aromatic carbocycles. The molecule has 0 N–H and O–H groups in total. The summed E-state index contributed by atoms with van der Waals surface area (Å²) in [4.78, 5) is 18.6. The standard InChI is InChI=1S/C20H25N3OS/c1-5-8-11-16(9-6-2)18(10-7-3)23(4)20(24)17(15-21)14-19-22-12-13-25-19/h5-6,8-9,11-14,18H,7,10H2,1-4H3/b8-5-,9-6-,16-11+,17-14+. The van der Waals surface area contributed by atoms with Crippen LogP contribution in [-0.4, -0.2) is 28.9 Å². The van der Waals surface area contributed by atoms with Crippen molar-refractivity contribution in [1.29, 1.82) is 5.26 Å². The van der Waals surface area contributed by atoms with Gasteiger partial charge in [0.15, 0.2) is 0 Å². The highest BCUT2D eigenvalue weighted by Gasteiger charge is 2.24. The second-order valence-electron chi connectivity index (χ2n) is 5.45. The third kappa shape index (κ3) is 6.17. The highest BCUT2D eigenvalue weighted by atomic mass is 32.1. The Morgan fingerprint density at radius 1 is 1.44 bits per heavy atom. The number of hydrogen-bond acceptors (Lipinski definition) is 4. The molecule has 0 fully saturated rings. The Balaban J connectivity index is 3.17. The van der Waals surface area contributed by atoms with Gasteiger partial charge in [-0.2, -0.15) is 5.26 Å². The van der Waals surface area contributed by atoms with Gasteiger partial charge in [0, 0.05) is 18.6 Å². The molecule has 1 heterocycles. The normalized spacial score (nSPS) is 14.0. The van der Waals surface area contributed by atoms with Gasteiger partial charge in [0.2, 0.25) is 0 Å². The number of hydrogen-bond donors (Lipinski definition) is 0. The molecule has 0 radical (unpaired) electrons. The average molecular weight is 356 g/mol. The zero-order chi connectivity index (χ0) is 18.7. The molecule has 1 amide bonds. The molecule has 1 rings (SSSR count). The van der Waals surface area contributed by atoms with E-state index < -0.39 is 0 Å². The maximum absolute atomic E-state index is 12.8. The first-order chi connectivity index (χ1) is 12.1. The fraction of sp³-hybridized carbons (Fsp3) is 0.350. The smallest absolute Gasteiger partial charge is 0.264 e. The fourth-order valence-corrected chi connectivity index (χ4v) is 3.01. The Kier molecular flexibility index (Phi) is 9.20. The molecule has 25 heavy (non-hydrogen) atoms. The molecule has 0 saturated heterocycles. The second-order valence-corrected chi connectivity index (χ2v) is 6.38. The Labute approximate surface area is 154 Å². The Bertz CT molecular complexity index is 706. The van der Waals surface area contributed by atoms with Crippen molar-refractivity contribution >= 4 is 23.3 Å². The van der Waals surface area contributed by atoms with Crippen LogP contribution in [0.5, 0.6) is 0 Å². The summed E-state index contributed by atoms with van der Waals surface area (Å²) in [6.07, 6.45) is 14.9. The number of allylic oxidation sites excluding steroid dienone is 4. The van der Waals surface area contributed by atoms with Crippen LogP contribution in [0.25, 0.3) is 6.08 Å². The van der Waals surface area contributed by atoms with Gasteiger partial charge in [0.25, 0.3) is 5.91 Å². The summed E-state index contributed by atoms with van der Waals surface area (Å²) in [7, 11) is 1.75. The molecule has 1 unspecified atom stereocenters. The molecule has 0 aliphatic rings. The molecule has 132 valence electrons. The van der Waals surface area contributed by atoms with Crippen LogP contribution >= 0.6 is 11.3 Å². The zero-order valence-electron chi connectivity index (χ0n) is 15.3. The van der Waals surface area contributed by atoms with Crippen molar-refractivity contribution in [1.82, 2.24) is 9.88 Å². The lowest BCUT2D eigenvalue weighted by Gasteiger charge is -2.29. The lowest BCUT2D eigenvalue weighted by molar-refractivity contribution is -0.126.